The number of hydrogen-bond donors (Lipinski definition) is 0. The maximum atomic E-state index is 4.71. The molecule has 0 radical (unpaired) electrons. The maximum absolute atomic E-state index is 4.71. The van der Waals surface area contributed by atoms with E-state index in [1.165, 1.54) is 50.0 Å². The predicted molar refractivity (Wildman–Crippen MR) is 113 cm³/mol. The molecule has 0 saturated heterocycles. The van der Waals surface area contributed by atoms with Crippen molar-refractivity contribution < 1.29 is 4.57 Å². The van der Waals surface area contributed by atoms with Crippen molar-refractivity contribution in [3.05, 3.63) is 83.0 Å². The molecule has 2 heterocycles. The smallest absolute Gasteiger partial charge is 0.213 e. The van der Waals surface area contributed by atoms with Gasteiger partial charge in [-0.25, -0.2) is 0 Å². The molecule has 0 saturated carbocycles. The SMILES string of the molecule is Cc1ccc(-c2cc(-c3cc(C)cc(C)c3C)[n+](C)c3ccccc23)nc1. The molecule has 2 heteroatoms. The van der Waals surface area contributed by atoms with Crippen LogP contribution in [-0.2, 0) is 7.05 Å². The van der Waals surface area contributed by atoms with Gasteiger partial charge in [0.25, 0.3) is 0 Å². The summed E-state index contributed by atoms with van der Waals surface area (Å²) in [6.45, 7) is 8.64. The molecule has 134 valence electrons. The summed E-state index contributed by atoms with van der Waals surface area (Å²) in [5.74, 6) is 0. The molecule has 2 aromatic heterocycles. The summed E-state index contributed by atoms with van der Waals surface area (Å²) in [6, 6.07) is 19.7. The normalized spacial score (nSPS) is 11.1. The van der Waals surface area contributed by atoms with Gasteiger partial charge in [0.2, 0.25) is 11.2 Å². The molecule has 4 aromatic rings. The molecule has 0 aliphatic rings. The largest absolute Gasteiger partial charge is 0.256 e. The third-order valence-electron chi connectivity index (χ3n) is 5.47. The van der Waals surface area contributed by atoms with Crippen LogP contribution in [-0.4, -0.2) is 4.98 Å². The Kier molecular flexibility index (Phi) is 4.27. The lowest BCUT2D eigenvalue weighted by atomic mass is 9.94. The minimum Gasteiger partial charge on any atom is -0.256 e. The molecular formula is C25H25N2+. The zero-order chi connectivity index (χ0) is 19.1. The van der Waals surface area contributed by atoms with Crippen molar-refractivity contribution >= 4 is 10.9 Å². The molecule has 2 nitrogen and oxygen atoms in total. The number of aryl methyl sites for hydroxylation is 4. The Morgan fingerprint density at radius 3 is 2.30 bits per heavy atom. The lowest BCUT2D eigenvalue weighted by Crippen LogP contribution is -2.32. The zero-order valence-electron chi connectivity index (χ0n) is 16.7. The van der Waals surface area contributed by atoms with Gasteiger partial charge in [-0.2, -0.15) is 4.57 Å². The third-order valence-corrected chi connectivity index (χ3v) is 5.47. The van der Waals surface area contributed by atoms with E-state index in [-0.39, 0.29) is 0 Å². The second-order valence-electron chi connectivity index (χ2n) is 7.49. The molecule has 0 unspecified atom stereocenters. The standard InChI is InChI=1S/C25H25N2/c1-16-10-11-23(26-15-16)22-14-25(21-13-17(2)12-18(3)19(21)4)27(5)24-9-7-6-8-20(22)24/h6-15H,1-5H3/q+1. The van der Waals surface area contributed by atoms with Crippen LogP contribution in [0.1, 0.15) is 22.3 Å². The number of para-hydroxylation sites is 1. The minimum atomic E-state index is 1.01. The summed E-state index contributed by atoms with van der Waals surface area (Å²) >= 11 is 0. The van der Waals surface area contributed by atoms with E-state index in [4.69, 9.17) is 4.98 Å². The maximum Gasteiger partial charge on any atom is 0.213 e. The Hall–Kier alpha value is -3.00. The van der Waals surface area contributed by atoms with Gasteiger partial charge in [0.05, 0.1) is 11.1 Å². The van der Waals surface area contributed by atoms with E-state index in [0.29, 0.717) is 0 Å². The van der Waals surface area contributed by atoms with E-state index >= 15 is 0 Å². The Labute approximate surface area is 161 Å². The van der Waals surface area contributed by atoms with Gasteiger partial charge >= 0.3 is 0 Å². The van der Waals surface area contributed by atoms with E-state index in [1.54, 1.807) is 0 Å². The molecule has 0 N–H and O–H groups in total. The van der Waals surface area contributed by atoms with E-state index in [0.717, 1.165) is 5.69 Å². The Morgan fingerprint density at radius 2 is 1.56 bits per heavy atom. The molecule has 0 aliphatic heterocycles. The van der Waals surface area contributed by atoms with Gasteiger partial charge in [-0.3, -0.25) is 4.98 Å². The summed E-state index contributed by atoms with van der Waals surface area (Å²) in [5, 5.41) is 1.22. The lowest BCUT2D eigenvalue weighted by molar-refractivity contribution is -0.633. The summed E-state index contributed by atoms with van der Waals surface area (Å²) < 4.78 is 2.30. The Balaban J connectivity index is 2.09. The molecule has 0 amide bonds. The fraction of sp³-hybridized carbons (Fsp3) is 0.200. The van der Waals surface area contributed by atoms with Crippen LogP contribution < -0.4 is 4.57 Å². The quantitative estimate of drug-likeness (QED) is 0.427. The van der Waals surface area contributed by atoms with E-state index in [1.807, 2.05) is 6.20 Å². The fourth-order valence-corrected chi connectivity index (χ4v) is 3.84. The first kappa shape index (κ1) is 17.4. The minimum absolute atomic E-state index is 1.01. The summed E-state index contributed by atoms with van der Waals surface area (Å²) in [7, 11) is 2.15. The van der Waals surface area contributed by atoms with Crippen molar-refractivity contribution in [3.63, 3.8) is 0 Å². The van der Waals surface area contributed by atoms with Crippen LogP contribution in [0.25, 0.3) is 33.4 Å². The predicted octanol–water partition coefficient (Wildman–Crippen LogP) is 5.63. The van der Waals surface area contributed by atoms with Crippen molar-refractivity contribution in [1.29, 1.82) is 0 Å². The van der Waals surface area contributed by atoms with Crippen molar-refractivity contribution in [2.45, 2.75) is 27.7 Å². The lowest BCUT2D eigenvalue weighted by Gasteiger charge is -2.13. The van der Waals surface area contributed by atoms with Crippen LogP contribution in [0.2, 0.25) is 0 Å². The molecule has 4 rings (SSSR count). The molecule has 0 aliphatic carbocycles. The fourth-order valence-electron chi connectivity index (χ4n) is 3.84. The highest BCUT2D eigenvalue weighted by molar-refractivity contribution is 5.93. The highest BCUT2D eigenvalue weighted by Crippen LogP contribution is 2.32. The first-order valence-corrected chi connectivity index (χ1v) is 9.38. The van der Waals surface area contributed by atoms with Crippen LogP contribution in [0.4, 0.5) is 0 Å². The number of benzene rings is 2. The van der Waals surface area contributed by atoms with E-state index in [2.05, 4.69) is 93.9 Å². The van der Waals surface area contributed by atoms with Gasteiger partial charge in [-0.1, -0.05) is 29.8 Å². The molecule has 2 aromatic carbocycles. The first-order chi connectivity index (χ1) is 13.0. The molecule has 0 spiro atoms. The highest BCUT2D eigenvalue weighted by Gasteiger charge is 2.21. The van der Waals surface area contributed by atoms with Crippen molar-refractivity contribution in [2.75, 3.05) is 0 Å². The Morgan fingerprint density at radius 1 is 0.778 bits per heavy atom. The molecule has 0 bridgehead atoms. The Bertz CT molecular complexity index is 1160. The third kappa shape index (κ3) is 3.02. The monoisotopic (exact) mass is 353 g/mol. The second-order valence-corrected chi connectivity index (χ2v) is 7.49. The molecule has 0 atom stereocenters. The number of aromatic nitrogens is 2. The topological polar surface area (TPSA) is 16.8 Å². The van der Waals surface area contributed by atoms with Gasteiger partial charge in [0.15, 0.2) is 0 Å². The van der Waals surface area contributed by atoms with E-state index < -0.39 is 0 Å². The van der Waals surface area contributed by atoms with Gasteiger partial charge in [0, 0.05) is 29.5 Å². The van der Waals surface area contributed by atoms with Crippen molar-refractivity contribution in [1.82, 2.24) is 4.98 Å². The zero-order valence-corrected chi connectivity index (χ0v) is 16.7. The number of fused-ring (bicyclic) bond motifs is 1. The van der Waals surface area contributed by atoms with Crippen LogP contribution in [0, 0.1) is 27.7 Å². The number of pyridine rings is 2. The van der Waals surface area contributed by atoms with Gasteiger partial charge < -0.3 is 0 Å². The second kappa shape index (κ2) is 6.62. The average molecular weight is 353 g/mol. The summed E-state index contributed by atoms with van der Waals surface area (Å²) in [4.78, 5) is 4.71. The van der Waals surface area contributed by atoms with Crippen LogP contribution in [0.15, 0.2) is 60.8 Å². The van der Waals surface area contributed by atoms with Crippen LogP contribution >= 0.6 is 0 Å². The van der Waals surface area contributed by atoms with E-state index in [9.17, 15) is 0 Å². The molecule has 0 fully saturated rings. The molecule has 27 heavy (non-hydrogen) atoms. The van der Waals surface area contributed by atoms with Crippen molar-refractivity contribution in [2.24, 2.45) is 7.05 Å². The van der Waals surface area contributed by atoms with Gasteiger partial charge in [-0.15, -0.1) is 0 Å². The first-order valence-electron chi connectivity index (χ1n) is 9.38. The number of nitrogens with zero attached hydrogens (tertiary/aromatic N) is 2. The van der Waals surface area contributed by atoms with Crippen LogP contribution in [0.3, 0.4) is 0 Å². The van der Waals surface area contributed by atoms with Crippen molar-refractivity contribution in [3.8, 4) is 22.5 Å². The highest BCUT2D eigenvalue weighted by atomic mass is 14.9. The van der Waals surface area contributed by atoms with Gasteiger partial charge in [-0.05, 0) is 62.6 Å². The van der Waals surface area contributed by atoms with Crippen LogP contribution in [0.5, 0.6) is 0 Å². The summed E-state index contributed by atoms with van der Waals surface area (Å²) in [6.07, 6.45) is 1.94. The number of rotatable bonds is 2. The summed E-state index contributed by atoms with van der Waals surface area (Å²) in [5.41, 5.74) is 11.0. The number of hydrogen-bond acceptors (Lipinski definition) is 1. The van der Waals surface area contributed by atoms with Gasteiger partial charge in [0.1, 0.15) is 7.05 Å². The average Bonchev–Trinajstić information content (AvgIpc) is 2.66. The molecular weight excluding hydrogens is 328 g/mol.